The van der Waals surface area contributed by atoms with E-state index in [0.717, 1.165) is 26.1 Å². The molecular formula is C15H22N2O2. The molecule has 1 fully saturated rings. The highest BCUT2D eigenvalue weighted by Crippen LogP contribution is 2.19. The van der Waals surface area contributed by atoms with Crippen molar-refractivity contribution in [2.75, 3.05) is 20.2 Å². The average Bonchev–Trinajstić information content (AvgIpc) is 2.43. The lowest BCUT2D eigenvalue weighted by atomic mass is 9.93. The third kappa shape index (κ3) is 3.96. The number of alkyl carbamates (subject to hydrolysis) is 1. The summed E-state index contributed by atoms with van der Waals surface area (Å²) in [7, 11) is 1.41. The van der Waals surface area contributed by atoms with Gasteiger partial charge in [-0.3, -0.25) is 4.90 Å². The lowest BCUT2D eigenvalue weighted by Crippen LogP contribution is -2.51. The number of likely N-dealkylation sites (tertiary alicyclic amines) is 1. The number of benzene rings is 1. The Morgan fingerprint density at radius 1 is 1.42 bits per heavy atom. The number of ether oxygens (including phenoxy) is 1. The van der Waals surface area contributed by atoms with Crippen LogP contribution in [-0.2, 0) is 11.3 Å². The van der Waals surface area contributed by atoms with E-state index in [2.05, 4.69) is 46.1 Å². The highest BCUT2D eigenvalue weighted by molar-refractivity contribution is 5.67. The van der Waals surface area contributed by atoms with Crippen LogP contribution in [0.25, 0.3) is 0 Å². The molecule has 2 rings (SSSR count). The van der Waals surface area contributed by atoms with Gasteiger partial charge in [-0.1, -0.05) is 37.3 Å². The molecule has 1 heterocycles. The number of nitrogens with zero attached hydrogens (tertiary/aromatic N) is 1. The molecule has 1 amide bonds. The second-order valence-corrected chi connectivity index (χ2v) is 5.23. The first kappa shape index (κ1) is 13.9. The molecule has 0 aromatic heterocycles. The summed E-state index contributed by atoms with van der Waals surface area (Å²) in [4.78, 5) is 13.7. The molecule has 1 aliphatic heterocycles. The minimum atomic E-state index is -0.335. The van der Waals surface area contributed by atoms with Crippen molar-refractivity contribution >= 4 is 6.09 Å². The number of carbonyl (C=O) groups is 1. The maximum absolute atomic E-state index is 11.3. The number of methoxy groups -OCH3 is 1. The highest BCUT2D eigenvalue weighted by Gasteiger charge is 2.27. The third-order valence-corrected chi connectivity index (χ3v) is 3.78. The molecule has 0 saturated carbocycles. The second-order valence-electron chi connectivity index (χ2n) is 5.23. The van der Waals surface area contributed by atoms with Crippen LogP contribution in [0.1, 0.15) is 18.9 Å². The summed E-state index contributed by atoms with van der Waals surface area (Å²) in [5.41, 5.74) is 1.31. The zero-order chi connectivity index (χ0) is 13.7. The largest absolute Gasteiger partial charge is 0.453 e. The zero-order valence-corrected chi connectivity index (χ0v) is 11.6. The lowest BCUT2D eigenvalue weighted by Gasteiger charge is -2.37. The smallest absolute Gasteiger partial charge is 0.407 e. The number of nitrogens with one attached hydrogen (secondary N) is 1. The fraction of sp³-hybridized carbons (Fsp3) is 0.533. The van der Waals surface area contributed by atoms with Gasteiger partial charge >= 0.3 is 6.09 Å². The van der Waals surface area contributed by atoms with Crippen molar-refractivity contribution in [1.82, 2.24) is 10.2 Å². The van der Waals surface area contributed by atoms with Crippen LogP contribution in [0.3, 0.4) is 0 Å². The van der Waals surface area contributed by atoms with E-state index in [0.29, 0.717) is 5.92 Å². The Bertz CT molecular complexity index is 408. The Balaban J connectivity index is 1.91. The average molecular weight is 262 g/mol. The van der Waals surface area contributed by atoms with Crippen molar-refractivity contribution in [3.05, 3.63) is 35.9 Å². The fourth-order valence-electron chi connectivity index (χ4n) is 2.52. The number of hydrogen-bond donors (Lipinski definition) is 1. The van der Waals surface area contributed by atoms with Crippen molar-refractivity contribution in [2.24, 2.45) is 5.92 Å². The molecule has 1 aromatic carbocycles. The van der Waals surface area contributed by atoms with Crippen molar-refractivity contribution in [1.29, 1.82) is 0 Å². The highest BCUT2D eigenvalue weighted by atomic mass is 16.5. The summed E-state index contributed by atoms with van der Waals surface area (Å²) in [6.45, 7) is 5.08. The van der Waals surface area contributed by atoms with Gasteiger partial charge in [0.15, 0.2) is 0 Å². The van der Waals surface area contributed by atoms with Crippen LogP contribution in [0.4, 0.5) is 4.79 Å². The second kappa shape index (κ2) is 6.57. The van der Waals surface area contributed by atoms with E-state index in [9.17, 15) is 4.79 Å². The molecule has 2 atom stereocenters. The molecule has 19 heavy (non-hydrogen) atoms. The van der Waals surface area contributed by atoms with Gasteiger partial charge in [0.1, 0.15) is 0 Å². The predicted octanol–water partition coefficient (Wildman–Crippen LogP) is 2.25. The summed E-state index contributed by atoms with van der Waals surface area (Å²) < 4.78 is 4.69. The first-order chi connectivity index (χ1) is 9.19. The topological polar surface area (TPSA) is 41.6 Å². The number of hydrogen-bond acceptors (Lipinski definition) is 3. The van der Waals surface area contributed by atoms with Gasteiger partial charge in [0.05, 0.1) is 7.11 Å². The first-order valence-corrected chi connectivity index (χ1v) is 6.80. The van der Waals surface area contributed by atoms with Crippen LogP contribution in [0.5, 0.6) is 0 Å². The number of amides is 1. The quantitative estimate of drug-likeness (QED) is 0.908. The molecule has 0 bridgehead atoms. The molecule has 1 saturated heterocycles. The SMILES string of the molecule is COC(=O)N[C@@H]1CN(Cc2ccccc2)CC[C@H]1C. The number of carbonyl (C=O) groups excluding carboxylic acids is 1. The van der Waals surface area contributed by atoms with Gasteiger partial charge in [-0.05, 0) is 24.4 Å². The molecule has 0 aliphatic carbocycles. The Labute approximate surface area is 114 Å². The van der Waals surface area contributed by atoms with Gasteiger partial charge < -0.3 is 10.1 Å². The lowest BCUT2D eigenvalue weighted by molar-refractivity contribution is 0.123. The molecule has 1 aromatic rings. The summed E-state index contributed by atoms with van der Waals surface area (Å²) in [6.07, 6.45) is 0.764. The first-order valence-electron chi connectivity index (χ1n) is 6.80. The number of rotatable bonds is 3. The van der Waals surface area contributed by atoms with E-state index >= 15 is 0 Å². The van der Waals surface area contributed by atoms with Crippen LogP contribution in [0, 0.1) is 5.92 Å². The van der Waals surface area contributed by atoms with Gasteiger partial charge in [0.2, 0.25) is 0 Å². The molecule has 1 aliphatic rings. The predicted molar refractivity (Wildman–Crippen MR) is 74.8 cm³/mol. The van der Waals surface area contributed by atoms with E-state index < -0.39 is 0 Å². The van der Waals surface area contributed by atoms with E-state index in [1.807, 2.05) is 6.07 Å². The molecule has 1 N–H and O–H groups in total. The molecule has 4 nitrogen and oxygen atoms in total. The van der Waals surface area contributed by atoms with Gasteiger partial charge in [-0.2, -0.15) is 0 Å². The fourth-order valence-corrected chi connectivity index (χ4v) is 2.52. The summed E-state index contributed by atoms with van der Waals surface area (Å²) in [5, 5.41) is 2.93. The van der Waals surface area contributed by atoms with Crippen LogP contribution < -0.4 is 5.32 Å². The summed E-state index contributed by atoms with van der Waals surface area (Å²) >= 11 is 0. The summed E-state index contributed by atoms with van der Waals surface area (Å²) in [6, 6.07) is 10.6. The van der Waals surface area contributed by atoms with E-state index in [4.69, 9.17) is 0 Å². The Morgan fingerprint density at radius 3 is 2.84 bits per heavy atom. The minimum Gasteiger partial charge on any atom is -0.453 e. The minimum absolute atomic E-state index is 0.171. The third-order valence-electron chi connectivity index (χ3n) is 3.78. The normalized spacial score (nSPS) is 23.9. The van der Waals surface area contributed by atoms with E-state index in [-0.39, 0.29) is 12.1 Å². The van der Waals surface area contributed by atoms with Crippen LogP contribution in [0.15, 0.2) is 30.3 Å². The van der Waals surface area contributed by atoms with Crippen molar-refractivity contribution in [2.45, 2.75) is 25.9 Å². The van der Waals surface area contributed by atoms with Gasteiger partial charge in [0, 0.05) is 19.1 Å². The molecule has 0 unspecified atom stereocenters. The van der Waals surface area contributed by atoms with Crippen molar-refractivity contribution < 1.29 is 9.53 Å². The van der Waals surface area contributed by atoms with Gasteiger partial charge in [0.25, 0.3) is 0 Å². The Kier molecular flexibility index (Phi) is 4.80. The van der Waals surface area contributed by atoms with Gasteiger partial charge in [-0.25, -0.2) is 4.79 Å². The zero-order valence-electron chi connectivity index (χ0n) is 11.6. The molecule has 0 spiro atoms. The van der Waals surface area contributed by atoms with Crippen LogP contribution in [-0.4, -0.2) is 37.2 Å². The number of piperidine rings is 1. The van der Waals surface area contributed by atoms with Crippen LogP contribution in [0.2, 0.25) is 0 Å². The maximum Gasteiger partial charge on any atom is 0.407 e. The van der Waals surface area contributed by atoms with Gasteiger partial charge in [-0.15, -0.1) is 0 Å². The van der Waals surface area contributed by atoms with Crippen LogP contribution >= 0.6 is 0 Å². The molecule has 104 valence electrons. The van der Waals surface area contributed by atoms with E-state index in [1.54, 1.807) is 0 Å². The Hall–Kier alpha value is -1.55. The van der Waals surface area contributed by atoms with Crippen molar-refractivity contribution in [3.63, 3.8) is 0 Å². The molecular weight excluding hydrogens is 240 g/mol. The summed E-state index contributed by atoms with van der Waals surface area (Å²) in [5.74, 6) is 0.492. The van der Waals surface area contributed by atoms with E-state index in [1.165, 1.54) is 12.7 Å². The standard InChI is InChI=1S/C15H22N2O2/c1-12-8-9-17(10-13-6-4-3-5-7-13)11-14(12)16-15(18)19-2/h3-7,12,14H,8-11H2,1-2H3,(H,16,18)/t12-,14-/m1/s1. The van der Waals surface area contributed by atoms with Crippen molar-refractivity contribution in [3.8, 4) is 0 Å². The molecule has 4 heteroatoms. The maximum atomic E-state index is 11.3. The monoisotopic (exact) mass is 262 g/mol. The molecule has 0 radical (unpaired) electrons. The Morgan fingerprint density at radius 2 is 2.16 bits per heavy atom.